The van der Waals surface area contributed by atoms with Gasteiger partial charge in [0.15, 0.2) is 0 Å². The molecule has 0 spiro atoms. The number of fused-ring (bicyclic) bond motifs is 1. The second-order valence-electron chi connectivity index (χ2n) is 6.77. The van der Waals surface area contributed by atoms with E-state index in [1.54, 1.807) is 43.3 Å². The monoisotopic (exact) mass is 430 g/mol. The van der Waals surface area contributed by atoms with Crippen LogP contribution in [0.15, 0.2) is 78.9 Å². The second-order valence-corrected chi connectivity index (χ2v) is 7.18. The minimum absolute atomic E-state index is 0.247. The molecule has 0 bridgehead atoms. The third kappa shape index (κ3) is 4.27. The molecule has 0 aliphatic heterocycles. The van der Waals surface area contributed by atoms with Gasteiger partial charge in [-0.05, 0) is 37.3 Å². The summed E-state index contributed by atoms with van der Waals surface area (Å²) < 4.78 is 5.10. The molecule has 0 aliphatic carbocycles. The van der Waals surface area contributed by atoms with Crippen LogP contribution in [-0.2, 0) is 4.74 Å². The molecule has 3 aromatic carbocycles. The number of pyridine rings is 1. The van der Waals surface area contributed by atoms with E-state index in [1.807, 2.05) is 42.5 Å². The summed E-state index contributed by atoms with van der Waals surface area (Å²) in [6.07, 6.45) is 0. The number of ether oxygens (including phenoxy) is 1. The molecule has 5 nitrogen and oxygen atoms in total. The number of hydrogen-bond acceptors (Lipinski definition) is 4. The molecule has 6 heteroatoms. The van der Waals surface area contributed by atoms with Crippen molar-refractivity contribution in [3.8, 4) is 11.3 Å². The van der Waals surface area contributed by atoms with Gasteiger partial charge in [0.05, 0.1) is 34.6 Å². The van der Waals surface area contributed by atoms with Gasteiger partial charge in [-0.2, -0.15) is 0 Å². The van der Waals surface area contributed by atoms with Crippen LogP contribution in [0.2, 0.25) is 5.02 Å². The van der Waals surface area contributed by atoms with Crippen LogP contribution in [0.3, 0.4) is 0 Å². The highest BCUT2D eigenvalue weighted by atomic mass is 35.5. The van der Waals surface area contributed by atoms with Crippen LogP contribution in [0.25, 0.3) is 22.2 Å². The van der Waals surface area contributed by atoms with Crippen LogP contribution in [0.1, 0.15) is 27.6 Å². The summed E-state index contributed by atoms with van der Waals surface area (Å²) in [6.45, 7) is 1.98. The molecule has 4 rings (SSSR count). The fraction of sp³-hybridized carbons (Fsp3) is 0.0800. The maximum Gasteiger partial charge on any atom is 0.340 e. The smallest absolute Gasteiger partial charge is 0.340 e. The molecule has 0 saturated carbocycles. The van der Waals surface area contributed by atoms with Gasteiger partial charge in [-0.3, -0.25) is 4.79 Å². The zero-order chi connectivity index (χ0) is 21.8. The van der Waals surface area contributed by atoms with Crippen molar-refractivity contribution in [2.75, 3.05) is 11.9 Å². The Balaban J connectivity index is 1.79. The Morgan fingerprint density at radius 3 is 2.45 bits per heavy atom. The van der Waals surface area contributed by atoms with Gasteiger partial charge >= 0.3 is 5.97 Å². The number of halogens is 1. The summed E-state index contributed by atoms with van der Waals surface area (Å²) in [6, 6.07) is 23.2. The zero-order valence-electron chi connectivity index (χ0n) is 16.8. The molecule has 1 aromatic heterocycles. The summed E-state index contributed by atoms with van der Waals surface area (Å²) >= 11 is 6.37. The van der Waals surface area contributed by atoms with Gasteiger partial charge in [-0.25, -0.2) is 9.78 Å². The minimum atomic E-state index is -0.491. The SMILES string of the molecule is CCOC(=O)c1ccccc1NC(=O)c1cc(-c2ccccc2Cl)nc2ccccc12. The summed E-state index contributed by atoms with van der Waals surface area (Å²) in [7, 11) is 0. The number of esters is 1. The number of nitrogens with one attached hydrogen (secondary N) is 1. The summed E-state index contributed by atoms with van der Waals surface area (Å²) in [5, 5.41) is 4.10. The lowest BCUT2D eigenvalue weighted by molar-refractivity contribution is 0.0527. The predicted octanol–water partition coefficient (Wildman–Crippen LogP) is 5.98. The Hall–Kier alpha value is -3.70. The number of anilines is 1. The molecule has 4 aromatic rings. The van der Waals surface area contributed by atoms with Crippen molar-refractivity contribution in [2.45, 2.75) is 6.92 Å². The molecule has 1 amide bonds. The molecule has 154 valence electrons. The van der Waals surface area contributed by atoms with Crippen molar-refractivity contribution in [1.82, 2.24) is 4.98 Å². The fourth-order valence-electron chi connectivity index (χ4n) is 3.34. The molecule has 1 heterocycles. The maximum atomic E-state index is 13.3. The molecule has 1 N–H and O–H groups in total. The van der Waals surface area contributed by atoms with E-state index >= 15 is 0 Å². The molecule has 0 atom stereocenters. The zero-order valence-corrected chi connectivity index (χ0v) is 17.5. The van der Waals surface area contributed by atoms with Gasteiger partial charge in [0.1, 0.15) is 0 Å². The van der Waals surface area contributed by atoms with Crippen LogP contribution in [0, 0.1) is 0 Å². The average Bonchev–Trinajstić information content (AvgIpc) is 2.79. The van der Waals surface area contributed by atoms with Crippen LogP contribution >= 0.6 is 11.6 Å². The standard InChI is InChI=1S/C25H19ClN2O3/c1-2-31-25(30)18-11-5-8-14-22(18)28-24(29)19-15-23(17-10-3-6-12-20(17)26)27-21-13-7-4-9-16(19)21/h3-15H,2H2,1H3,(H,28,29). The van der Waals surface area contributed by atoms with Crippen LogP contribution in [0.4, 0.5) is 5.69 Å². The van der Waals surface area contributed by atoms with Gasteiger partial charge in [-0.15, -0.1) is 0 Å². The number of hydrogen-bond donors (Lipinski definition) is 1. The highest BCUT2D eigenvalue weighted by molar-refractivity contribution is 6.33. The summed E-state index contributed by atoms with van der Waals surface area (Å²) in [5.74, 6) is -0.849. The van der Waals surface area contributed by atoms with E-state index in [4.69, 9.17) is 16.3 Å². The molecular formula is C25H19ClN2O3. The molecule has 31 heavy (non-hydrogen) atoms. The third-order valence-corrected chi connectivity index (χ3v) is 5.11. The second kappa shape index (κ2) is 8.98. The van der Waals surface area contributed by atoms with Gasteiger partial charge < -0.3 is 10.1 Å². The van der Waals surface area contributed by atoms with E-state index in [2.05, 4.69) is 10.3 Å². The Kier molecular flexibility index (Phi) is 5.96. The van der Waals surface area contributed by atoms with E-state index in [0.717, 1.165) is 5.56 Å². The Morgan fingerprint density at radius 2 is 1.65 bits per heavy atom. The number of rotatable bonds is 5. The number of nitrogens with zero attached hydrogens (tertiary/aromatic N) is 1. The van der Waals surface area contributed by atoms with E-state index in [-0.39, 0.29) is 12.5 Å². The first-order chi connectivity index (χ1) is 15.1. The molecule has 0 aliphatic rings. The number of para-hydroxylation sites is 2. The highest BCUT2D eigenvalue weighted by Gasteiger charge is 2.18. The maximum absolute atomic E-state index is 13.3. The lowest BCUT2D eigenvalue weighted by Gasteiger charge is -2.13. The normalized spacial score (nSPS) is 10.6. The first-order valence-corrected chi connectivity index (χ1v) is 10.2. The number of benzene rings is 3. The van der Waals surface area contributed by atoms with Gasteiger partial charge in [-0.1, -0.05) is 60.1 Å². The summed E-state index contributed by atoms with van der Waals surface area (Å²) in [5.41, 5.74) is 3.10. The van der Waals surface area contributed by atoms with Crippen molar-refractivity contribution in [3.05, 3.63) is 95.0 Å². The number of aromatic nitrogens is 1. The minimum Gasteiger partial charge on any atom is -0.462 e. The predicted molar refractivity (Wildman–Crippen MR) is 123 cm³/mol. The van der Waals surface area contributed by atoms with Crippen molar-refractivity contribution < 1.29 is 14.3 Å². The van der Waals surface area contributed by atoms with Crippen LogP contribution in [-0.4, -0.2) is 23.5 Å². The van der Waals surface area contributed by atoms with Crippen LogP contribution in [0.5, 0.6) is 0 Å². The van der Waals surface area contributed by atoms with Crippen molar-refractivity contribution in [1.29, 1.82) is 0 Å². The Labute approximate surface area is 184 Å². The van der Waals surface area contributed by atoms with E-state index in [1.165, 1.54) is 0 Å². The van der Waals surface area contributed by atoms with Crippen molar-refractivity contribution in [3.63, 3.8) is 0 Å². The van der Waals surface area contributed by atoms with Crippen molar-refractivity contribution in [2.24, 2.45) is 0 Å². The number of amides is 1. The average molecular weight is 431 g/mol. The number of carbonyl (C=O) groups excluding carboxylic acids is 2. The topological polar surface area (TPSA) is 68.3 Å². The first kappa shape index (κ1) is 20.6. The Morgan fingerprint density at radius 1 is 0.935 bits per heavy atom. The quantitative estimate of drug-likeness (QED) is 0.395. The first-order valence-electron chi connectivity index (χ1n) is 9.80. The van der Waals surface area contributed by atoms with Crippen LogP contribution < -0.4 is 5.32 Å². The fourth-order valence-corrected chi connectivity index (χ4v) is 3.57. The third-order valence-electron chi connectivity index (χ3n) is 4.78. The van der Waals surface area contributed by atoms with Gasteiger partial charge in [0.25, 0.3) is 5.91 Å². The summed E-state index contributed by atoms with van der Waals surface area (Å²) in [4.78, 5) is 30.3. The van der Waals surface area contributed by atoms with E-state index in [9.17, 15) is 9.59 Å². The van der Waals surface area contributed by atoms with Crippen molar-refractivity contribution >= 4 is 40.1 Å². The largest absolute Gasteiger partial charge is 0.462 e. The highest BCUT2D eigenvalue weighted by Crippen LogP contribution is 2.30. The molecule has 0 unspecified atom stereocenters. The number of carbonyl (C=O) groups is 2. The van der Waals surface area contributed by atoms with E-state index in [0.29, 0.717) is 38.4 Å². The van der Waals surface area contributed by atoms with E-state index < -0.39 is 5.97 Å². The Bertz CT molecular complexity index is 1290. The molecule has 0 saturated heterocycles. The molecule has 0 radical (unpaired) electrons. The van der Waals surface area contributed by atoms with Gasteiger partial charge in [0, 0.05) is 16.0 Å². The van der Waals surface area contributed by atoms with Gasteiger partial charge in [0.2, 0.25) is 0 Å². The lowest BCUT2D eigenvalue weighted by Crippen LogP contribution is -2.16. The molecular weight excluding hydrogens is 412 g/mol. The molecule has 0 fully saturated rings. The lowest BCUT2D eigenvalue weighted by atomic mass is 10.0.